The van der Waals surface area contributed by atoms with E-state index < -0.39 is 12.3 Å². The van der Waals surface area contributed by atoms with Crippen LogP contribution in [0.25, 0.3) is 0 Å². The minimum absolute atomic E-state index is 0.0160. The van der Waals surface area contributed by atoms with Gasteiger partial charge in [0.15, 0.2) is 0 Å². The van der Waals surface area contributed by atoms with Crippen LogP contribution in [-0.2, 0) is 0 Å². The van der Waals surface area contributed by atoms with Gasteiger partial charge in [0, 0.05) is 0 Å². The minimum atomic E-state index is -1.18. The maximum absolute atomic E-state index is 15.2. The van der Waals surface area contributed by atoms with Crippen LogP contribution in [0.1, 0.15) is 103 Å². The molecule has 0 aliphatic heterocycles. The van der Waals surface area contributed by atoms with Crippen molar-refractivity contribution in [2.75, 3.05) is 0 Å². The highest BCUT2D eigenvalue weighted by molar-refractivity contribution is 4.95. The molecule has 4 aliphatic rings. The van der Waals surface area contributed by atoms with Gasteiger partial charge in [0.1, 0.15) is 12.3 Å². The number of rotatable bonds is 3. The van der Waals surface area contributed by atoms with Crippen molar-refractivity contribution in [2.45, 2.75) is 116 Å². The molecule has 0 spiro atoms. The van der Waals surface area contributed by atoms with Gasteiger partial charge in [-0.05, 0) is 92.8 Å². The lowest BCUT2D eigenvalue weighted by atomic mass is 9.62. The van der Waals surface area contributed by atoms with Gasteiger partial charge < -0.3 is 0 Å². The van der Waals surface area contributed by atoms with Gasteiger partial charge in [-0.15, -0.1) is 0 Å². The van der Waals surface area contributed by atoms with E-state index >= 15 is 8.78 Å². The Morgan fingerprint density at radius 1 is 0.444 bits per heavy atom. The maximum atomic E-state index is 15.2. The Balaban J connectivity index is 1.28. The zero-order valence-electron chi connectivity index (χ0n) is 17.6. The highest BCUT2D eigenvalue weighted by Crippen LogP contribution is 2.49. The van der Waals surface area contributed by atoms with Crippen molar-refractivity contribution in [2.24, 2.45) is 41.4 Å². The molecule has 0 aromatic rings. The summed E-state index contributed by atoms with van der Waals surface area (Å²) in [5.41, 5.74) is 0. The van der Waals surface area contributed by atoms with Crippen molar-refractivity contribution in [3.8, 4) is 0 Å². The summed E-state index contributed by atoms with van der Waals surface area (Å²) in [5, 5.41) is 0. The van der Waals surface area contributed by atoms with Gasteiger partial charge in [-0.2, -0.15) is 0 Å². The van der Waals surface area contributed by atoms with Crippen LogP contribution >= 0.6 is 0 Å². The standard InChI is InChI=1S/C25H42F2/c1-17-7-9-20(10-8-17)22-15-16-23(25(27)24(22)26)21-13-11-19(12-14-21)18-5-3-2-4-6-18/h17-25H,2-16H2,1H3. The fourth-order valence-corrected chi connectivity index (χ4v) is 7.53. The van der Waals surface area contributed by atoms with E-state index in [1.165, 1.54) is 70.6 Å². The lowest BCUT2D eigenvalue weighted by Crippen LogP contribution is -2.45. The third kappa shape index (κ3) is 4.55. The SMILES string of the molecule is CC1CCC(C2CCC(C3CCC(C4CCCCC4)CC3)C(F)C2F)CC1. The van der Waals surface area contributed by atoms with E-state index in [0.717, 1.165) is 43.4 Å². The zero-order valence-corrected chi connectivity index (χ0v) is 17.6. The topological polar surface area (TPSA) is 0 Å². The third-order valence-corrected chi connectivity index (χ3v) is 9.36. The van der Waals surface area contributed by atoms with Crippen LogP contribution in [0.3, 0.4) is 0 Å². The Morgan fingerprint density at radius 3 is 1.37 bits per heavy atom. The molecule has 0 aromatic carbocycles. The van der Waals surface area contributed by atoms with Gasteiger partial charge in [-0.25, -0.2) is 8.78 Å². The predicted octanol–water partition coefficient (Wildman–Crippen LogP) is 7.90. The van der Waals surface area contributed by atoms with Crippen LogP contribution in [0, 0.1) is 41.4 Å². The zero-order chi connectivity index (χ0) is 18.8. The van der Waals surface area contributed by atoms with Gasteiger partial charge in [-0.3, -0.25) is 0 Å². The second-order valence-electron chi connectivity index (χ2n) is 10.9. The van der Waals surface area contributed by atoms with Crippen molar-refractivity contribution in [3.63, 3.8) is 0 Å². The van der Waals surface area contributed by atoms with Crippen LogP contribution in [0.4, 0.5) is 8.78 Å². The molecule has 0 radical (unpaired) electrons. The number of alkyl halides is 2. The summed E-state index contributed by atoms with van der Waals surface area (Å²) < 4.78 is 30.3. The van der Waals surface area contributed by atoms with Gasteiger partial charge in [-0.1, -0.05) is 51.9 Å². The molecule has 0 amide bonds. The van der Waals surface area contributed by atoms with Crippen LogP contribution in [0.2, 0.25) is 0 Å². The molecule has 4 atom stereocenters. The highest BCUT2D eigenvalue weighted by atomic mass is 19.2. The molecule has 4 rings (SSSR count). The third-order valence-electron chi connectivity index (χ3n) is 9.36. The second kappa shape index (κ2) is 9.12. The predicted molar refractivity (Wildman–Crippen MR) is 109 cm³/mol. The first-order valence-electron chi connectivity index (χ1n) is 12.4. The fraction of sp³-hybridized carbons (Fsp3) is 1.00. The molecule has 0 N–H and O–H groups in total. The molecule has 4 unspecified atom stereocenters. The molecular weight excluding hydrogens is 338 g/mol. The quantitative estimate of drug-likeness (QED) is 0.467. The summed E-state index contributed by atoms with van der Waals surface area (Å²) in [6, 6.07) is 0. The van der Waals surface area contributed by atoms with Gasteiger partial charge >= 0.3 is 0 Å². The number of hydrogen-bond acceptors (Lipinski definition) is 0. The van der Waals surface area contributed by atoms with E-state index in [9.17, 15) is 0 Å². The molecule has 4 fully saturated rings. The average Bonchev–Trinajstić information content (AvgIpc) is 2.72. The molecule has 0 aromatic heterocycles. The van der Waals surface area contributed by atoms with E-state index in [4.69, 9.17) is 0 Å². The lowest BCUT2D eigenvalue weighted by Gasteiger charge is -2.45. The molecule has 0 saturated heterocycles. The average molecular weight is 381 g/mol. The van der Waals surface area contributed by atoms with E-state index in [2.05, 4.69) is 6.92 Å². The molecule has 4 saturated carbocycles. The summed E-state index contributed by atoms with van der Waals surface area (Å²) in [6.07, 6.45) is 16.3. The van der Waals surface area contributed by atoms with Crippen LogP contribution in [0.15, 0.2) is 0 Å². The molecule has 4 aliphatic carbocycles. The van der Waals surface area contributed by atoms with Crippen molar-refractivity contribution in [1.29, 1.82) is 0 Å². The molecule has 27 heavy (non-hydrogen) atoms. The summed E-state index contributed by atoms with van der Waals surface area (Å²) in [4.78, 5) is 0. The summed E-state index contributed by atoms with van der Waals surface area (Å²) in [7, 11) is 0. The largest absolute Gasteiger partial charge is 0.244 e. The van der Waals surface area contributed by atoms with Crippen molar-refractivity contribution in [3.05, 3.63) is 0 Å². The Morgan fingerprint density at radius 2 is 0.852 bits per heavy atom. The first-order valence-corrected chi connectivity index (χ1v) is 12.4. The normalized spacial score (nSPS) is 47.7. The second-order valence-corrected chi connectivity index (χ2v) is 10.9. The van der Waals surface area contributed by atoms with Crippen LogP contribution in [0.5, 0.6) is 0 Å². The smallest absolute Gasteiger partial charge is 0.134 e. The molecule has 0 heterocycles. The van der Waals surface area contributed by atoms with Crippen molar-refractivity contribution < 1.29 is 8.78 Å². The van der Waals surface area contributed by atoms with Gasteiger partial charge in [0.05, 0.1) is 0 Å². The van der Waals surface area contributed by atoms with E-state index in [-0.39, 0.29) is 11.8 Å². The summed E-state index contributed by atoms with van der Waals surface area (Å²) in [6.45, 7) is 2.31. The lowest BCUT2D eigenvalue weighted by molar-refractivity contribution is -0.0382. The number of halogens is 2. The molecule has 0 nitrogen and oxygen atoms in total. The van der Waals surface area contributed by atoms with Crippen LogP contribution < -0.4 is 0 Å². The Labute approximate surface area is 166 Å². The molecule has 0 bridgehead atoms. The minimum Gasteiger partial charge on any atom is -0.244 e. The van der Waals surface area contributed by atoms with Gasteiger partial charge in [0.2, 0.25) is 0 Å². The monoisotopic (exact) mass is 380 g/mol. The maximum Gasteiger partial charge on any atom is 0.134 e. The van der Waals surface area contributed by atoms with E-state index in [1.54, 1.807) is 0 Å². The summed E-state index contributed by atoms with van der Waals surface area (Å²) in [5.74, 6) is 3.58. The summed E-state index contributed by atoms with van der Waals surface area (Å²) >= 11 is 0. The fourth-order valence-electron chi connectivity index (χ4n) is 7.53. The Hall–Kier alpha value is -0.140. The molecule has 2 heteroatoms. The van der Waals surface area contributed by atoms with E-state index in [1.807, 2.05) is 0 Å². The van der Waals surface area contributed by atoms with Crippen molar-refractivity contribution >= 4 is 0 Å². The Bertz CT molecular complexity index is 441. The van der Waals surface area contributed by atoms with Gasteiger partial charge in [0.25, 0.3) is 0 Å². The van der Waals surface area contributed by atoms with Crippen molar-refractivity contribution in [1.82, 2.24) is 0 Å². The molecule has 156 valence electrons. The number of hydrogen-bond donors (Lipinski definition) is 0. The molecular formula is C25H42F2. The van der Waals surface area contributed by atoms with E-state index in [0.29, 0.717) is 11.8 Å². The highest BCUT2D eigenvalue weighted by Gasteiger charge is 2.46. The van der Waals surface area contributed by atoms with Crippen LogP contribution in [-0.4, -0.2) is 12.3 Å². The Kier molecular flexibility index (Phi) is 6.81. The first-order chi connectivity index (χ1) is 13.1. The first kappa shape index (κ1) is 20.1.